The Morgan fingerprint density at radius 1 is 1.00 bits per heavy atom. The number of para-hydroxylation sites is 2. The van der Waals surface area contributed by atoms with E-state index < -0.39 is 0 Å². The van der Waals surface area contributed by atoms with Crippen LogP contribution in [0, 0.1) is 13.8 Å². The molecule has 0 aliphatic rings. The van der Waals surface area contributed by atoms with E-state index >= 15 is 0 Å². The molecule has 0 radical (unpaired) electrons. The van der Waals surface area contributed by atoms with E-state index in [2.05, 4.69) is 38.7 Å². The van der Waals surface area contributed by atoms with Crippen LogP contribution in [0.3, 0.4) is 0 Å². The fourth-order valence-electron chi connectivity index (χ4n) is 3.39. The average Bonchev–Trinajstić information content (AvgIpc) is 3.05. The van der Waals surface area contributed by atoms with Crippen LogP contribution in [0.15, 0.2) is 65.1 Å². The first kappa shape index (κ1) is 19.0. The van der Waals surface area contributed by atoms with Crippen LogP contribution < -0.4 is 4.74 Å². The number of halogens is 2. The molecule has 0 atom stereocenters. The molecule has 0 unspecified atom stereocenters. The predicted molar refractivity (Wildman–Crippen MR) is 119 cm³/mol. The summed E-state index contributed by atoms with van der Waals surface area (Å²) < 4.78 is 9.29. The molecule has 3 aromatic carbocycles. The van der Waals surface area contributed by atoms with Crippen molar-refractivity contribution in [1.82, 2.24) is 9.55 Å². The summed E-state index contributed by atoms with van der Waals surface area (Å²) in [5, 5.41) is 0.796. The molecule has 0 amide bonds. The zero-order valence-electron chi connectivity index (χ0n) is 15.7. The van der Waals surface area contributed by atoms with Crippen LogP contribution in [0.5, 0.6) is 5.75 Å². The molecule has 0 saturated carbocycles. The van der Waals surface area contributed by atoms with Crippen molar-refractivity contribution >= 4 is 38.6 Å². The minimum absolute atomic E-state index is 0.544. The molecule has 1 heterocycles. The van der Waals surface area contributed by atoms with Gasteiger partial charge in [0, 0.05) is 15.1 Å². The molecule has 0 N–H and O–H groups in total. The monoisotopic (exact) mass is 454 g/mol. The Kier molecular flexibility index (Phi) is 5.42. The molecule has 0 saturated heterocycles. The molecule has 0 fully saturated rings. The lowest BCUT2D eigenvalue weighted by molar-refractivity contribution is 0.300. The first-order chi connectivity index (χ1) is 13.5. The maximum absolute atomic E-state index is 6.26. The van der Waals surface area contributed by atoms with Crippen LogP contribution in [-0.2, 0) is 6.54 Å². The molecule has 3 nitrogen and oxygen atoms in total. The Morgan fingerprint density at radius 2 is 1.75 bits per heavy atom. The number of rotatable bonds is 5. The minimum atomic E-state index is 0.544. The van der Waals surface area contributed by atoms with Gasteiger partial charge in [-0.1, -0.05) is 51.8 Å². The maximum Gasteiger partial charge on any atom is 0.141 e. The van der Waals surface area contributed by atoms with Gasteiger partial charge in [0.05, 0.1) is 17.6 Å². The van der Waals surface area contributed by atoms with E-state index in [0.29, 0.717) is 13.2 Å². The summed E-state index contributed by atoms with van der Waals surface area (Å²) in [6.45, 7) is 5.23. The van der Waals surface area contributed by atoms with Crippen LogP contribution in [0.4, 0.5) is 0 Å². The van der Waals surface area contributed by atoms with Crippen LogP contribution >= 0.6 is 27.5 Å². The highest BCUT2D eigenvalue weighted by atomic mass is 79.9. The van der Waals surface area contributed by atoms with E-state index in [9.17, 15) is 0 Å². The third-order valence-electron chi connectivity index (χ3n) is 4.73. The molecule has 0 aliphatic heterocycles. The smallest absolute Gasteiger partial charge is 0.141 e. The number of nitrogens with zero attached hydrogens (tertiary/aromatic N) is 2. The van der Waals surface area contributed by atoms with Crippen molar-refractivity contribution in [2.24, 2.45) is 0 Å². The highest BCUT2D eigenvalue weighted by molar-refractivity contribution is 9.10. The highest BCUT2D eigenvalue weighted by Crippen LogP contribution is 2.28. The van der Waals surface area contributed by atoms with Crippen LogP contribution in [-0.4, -0.2) is 16.2 Å². The van der Waals surface area contributed by atoms with Crippen molar-refractivity contribution in [3.8, 4) is 17.1 Å². The van der Waals surface area contributed by atoms with E-state index in [1.165, 1.54) is 0 Å². The van der Waals surface area contributed by atoms with Gasteiger partial charge in [0.2, 0.25) is 0 Å². The molecule has 28 heavy (non-hydrogen) atoms. The number of aromatic nitrogens is 2. The first-order valence-electron chi connectivity index (χ1n) is 9.13. The van der Waals surface area contributed by atoms with Gasteiger partial charge in [-0.2, -0.15) is 0 Å². The van der Waals surface area contributed by atoms with Gasteiger partial charge < -0.3 is 9.30 Å². The van der Waals surface area contributed by atoms with Crippen LogP contribution in [0.25, 0.3) is 22.4 Å². The fraction of sp³-hybridized carbons (Fsp3) is 0.174. The molecular formula is C23H20BrClN2O. The Hall–Kier alpha value is -2.30. The summed E-state index contributed by atoms with van der Waals surface area (Å²) in [4.78, 5) is 4.86. The third-order valence-corrected chi connectivity index (χ3v) is 5.82. The van der Waals surface area contributed by atoms with Crippen molar-refractivity contribution in [3.05, 3.63) is 81.3 Å². The van der Waals surface area contributed by atoms with E-state index in [-0.39, 0.29) is 0 Å². The van der Waals surface area contributed by atoms with Crippen LogP contribution in [0.1, 0.15) is 11.1 Å². The summed E-state index contributed by atoms with van der Waals surface area (Å²) >= 11 is 9.82. The summed E-state index contributed by atoms with van der Waals surface area (Å²) in [5.74, 6) is 1.78. The van der Waals surface area contributed by atoms with E-state index in [1.807, 2.05) is 56.3 Å². The van der Waals surface area contributed by atoms with E-state index in [1.54, 1.807) is 0 Å². The van der Waals surface area contributed by atoms with Gasteiger partial charge in [0.25, 0.3) is 0 Å². The Balaban J connectivity index is 1.64. The maximum atomic E-state index is 6.26. The zero-order chi connectivity index (χ0) is 19.7. The number of benzene rings is 3. The van der Waals surface area contributed by atoms with Gasteiger partial charge in [0.1, 0.15) is 18.2 Å². The van der Waals surface area contributed by atoms with E-state index in [4.69, 9.17) is 21.3 Å². The van der Waals surface area contributed by atoms with Gasteiger partial charge in [-0.25, -0.2) is 4.98 Å². The number of imidazole rings is 1. The number of aryl methyl sites for hydroxylation is 2. The average molecular weight is 456 g/mol. The van der Waals surface area contributed by atoms with Gasteiger partial charge in [-0.05, 0) is 61.4 Å². The van der Waals surface area contributed by atoms with Crippen LogP contribution in [0.2, 0.25) is 5.02 Å². The fourth-order valence-corrected chi connectivity index (χ4v) is 3.90. The van der Waals surface area contributed by atoms with E-state index in [0.717, 1.165) is 48.8 Å². The standard InChI is InChI=1S/C23H20BrClN2O/c1-15-12-19(13-16(2)22(15)25)28-11-10-27-21-9-4-3-8-20(21)26-23(27)17-6-5-7-18(24)14-17/h3-9,12-14H,10-11H2,1-2H3. The number of fused-ring (bicyclic) bond motifs is 1. The second-order valence-corrected chi connectivity index (χ2v) is 8.10. The normalized spacial score (nSPS) is 11.1. The Labute approximate surface area is 178 Å². The van der Waals surface area contributed by atoms with Crippen molar-refractivity contribution < 1.29 is 4.74 Å². The second-order valence-electron chi connectivity index (χ2n) is 6.81. The summed E-state index contributed by atoms with van der Waals surface area (Å²) in [7, 11) is 0. The molecule has 142 valence electrons. The third kappa shape index (κ3) is 3.80. The van der Waals surface area contributed by atoms with Gasteiger partial charge in [-0.15, -0.1) is 0 Å². The quantitative estimate of drug-likeness (QED) is 0.330. The van der Waals surface area contributed by atoms with Gasteiger partial charge in [0.15, 0.2) is 0 Å². The molecule has 4 rings (SSSR count). The van der Waals surface area contributed by atoms with Crippen molar-refractivity contribution in [1.29, 1.82) is 0 Å². The van der Waals surface area contributed by atoms with Gasteiger partial charge in [-0.3, -0.25) is 0 Å². The molecule has 1 aromatic heterocycles. The van der Waals surface area contributed by atoms with Crippen molar-refractivity contribution in [2.45, 2.75) is 20.4 Å². The zero-order valence-corrected chi connectivity index (χ0v) is 18.1. The SMILES string of the molecule is Cc1cc(OCCn2c(-c3cccc(Br)c3)nc3ccccc32)cc(C)c1Cl. The first-order valence-corrected chi connectivity index (χ1v) is 10.3. The molecule has 0 bridgehead atoms. The highest BCUT2D eigenvalue weighted by Gasteiger charge is 2.13. The Bertz CT molecular complexity index is 1130. The lowest BCUT2D eigenvalue weighted by atomic mass is 10.1. The Morgan fingerprint density at radius 3 is 2.50 bits per heavy atom. The summed E-state index contributed by atoms with van der Waals surface area (Å²) in [5.41, 5.74) is 5.21. The number of hydrogen-bond donors (Lipinski definition) is 0. The van der Waals surface area contributed by atoms with Gasteiger partial charge >= 0.3 is 0 Å². The van der Waals surface area contributed by atoms with Crippen molar-refractivity contribution in [2.75, 3.05) is 6.61 Å². The van der Waals surface area contributed by atoms with Crippen molar-refractivity contribution in [3.63, 3.8) is 0 Å². The predicted octanol–water partition coefficient (Wildman–Crippen LogP) is 6.82. The molecular weight excluding hydrogens is 436 g/mol. The summed E-state index contributed by atoms with van der Waals surface area (Å²) in [6.07, 6.45) is 0. The minimum Gasteiger partial charge on any atom is -0.492 e. The number of ether oxygens (including phenoxy) is 1. The lowest BCUT2D eigenvalue weighted by Gasteiger charge is -2.13. The largest absolute Gasteiger partial charge is 0.492 e. The molecule has 4 aromatic rings. The summed E-state index contributed by atoms with van der Waals surface area (Å²) in [6, 6.07) is 20.4. The molecule has 0 spiro atoms. The topological polar surface area (TPSA) is 27.1 Å². The lowest BCUT2D eigenvalue weighted by Crippen LogP contribution is -2.09. The molecule has 0 aliphatic carbocycles. The number of hydrogen-bond acceptors (Lipinski definition) is 2. The molecule has 5 heteroatoms. The second kappa shape index (κ2) is 7.98.